The standard InChI is InChI=1S/C14H24N4O2.CH2O2/c1-10(2)13(16-14(19)20)12-8-18(9-15-12)7-11-4-5-17(3)6-11;2-1-3/h8-11,13,16H,4-7H2,1-3H3,(H,19,20);1H,(H,2,3)/t11-,13+;/m0./s1. The molecule has 130 valence electrons. The Hall–Kier alpha value is -2.09. The van der Waals surface area contributed by atoms with Gasteiger partial charge >= 0.3 is 6.09 Å². The van der Waals surface area contributed by atoms with Gasteiger partial charge in [0.2, 0.25) is 0 Å². The van der Waals surface area contributed by atoms with Gasteiger partial charge in [-0.05, 0) is 31.8 Å². The molecule has 2 heterocycles. The summed E-state index contributed by atoms with van der Waals surface area (Å²) in [5.74, 6) is 0.832. The summed E-state index contributed by atoms with van der Waals surface area (Å²) in [5, 5.41) is 18.3. The molecule has 0 unspecified atom stereocenters. The number of nitrogens with zero attached hydrogens (tertiary/aromatic N) is 3. The van der Waals surface area contributed by atoms with Crippen LogP contribution < -0.4 is 5.32 Å². The molecule has 8 nitrogen and oxygen atoms in total. The maximum absolute atomic E-state index is 10.9. The number of hydrogen-bond donors (Lipinski definition) is 3. The van der Waals surface area contributed by atoms with Crippen molar-refractivity contribution < 1.29 is 19.8 Å². The van der Waals surface area contributed by atoms with Crippen molar-refractivity contribution in [2.75, 3.05) is 20.1 Å². The van der Waals surface area contributed by atoms with Crippen LogP contribution in [0.5, 0.6) is 0 Å². The van der Waals surface area contributed by atoms with E-state index in [4.69, 9.17) is 15.0 Å². The van der Waals surface area contributed by atoms with Gasteiger partial charge in [-0.1, -0.05) is 13.8 Å². The zero-order valence-electron chi connectivity index (χ0n) is 13.8. The Morgan fingerprint density at radius 3 is 2.70 bits per heavy atom. The van der Waals surface area contributed by atoms with E-state index in [0.717, 1.165) is 25.3 Å². The maximum Gasteiger partial charge on any atom is 0.405 e. The second-order valence-electron chi connectivity index (χ2n) is 6.19. The molecule has 1 amide bonds. The number of likely N-dealkylation sites (tertiary alicyclic amines) is 1. The predicted molar refractivity (Wildman–Crippen MR) is 85.3 cm³/mol. The van der Waals surface area contributed by atoms with Crippen LogP contribution in [-0.4, -0.2) is 57.4 Å². The van der Waals surface area contributed by atoms with Crippen LogP contribution in [0.4, 0.5) is 4.79 Å². The van der Waals surface area contributed by atoms with Gasteiger partial charge in [-0.15, -0.1) is 0 Å². The number of carboxylic acid groups (broad SMARTS) is 2. The highest BCUT2D eigenvalue weighted by atomic mass is 16.4. The van der Waals surface area contributed by atoms with Gasteiger partial charge in [0.1, 0.15) is 0 Å². The van der Waals surface area contributed by atoms with Gasteiger partial charge in [-0.3, -0.25) is 4.79 Å². The Morgan fingerprint density at radius 2 is 2.22 bits per heavy atom. The van der Waals surface area contributed by atoms with E-state index in [1.807, 2.05) is 26.4 Å². The topological polar surface area (TPSA) is 108 Å². The number of amides is 1. The Labute approximate surface area is 136 Å². The molecule has 0 spiro atoms. The number of nitrogens with one attached hydrogen (secondary N) is 1. The third-order valence-corrected chi connectivity index (χ3v) is 3.88. The van der Waals surface area contributed by atoms with Crippen LogP contribution in [0.3, 0.4) is 0 Å². The van der Waals surface area contributed by atoms with E-state index in [1.165, 1.54) is 6.42 Å². The van der Waals surface area contributed by atoms with E-state index >= 15 is 0 Å². The monoisotopic (exact) mass is 326 g/mol. The first-order chi connectivity index (χ1) is 10.9. The minimum atomic E-state index is -1.00. The average Bonchev–Trinajstić information content (AvgIpc) is 3.06. The highest BCUT2D eigenvalue weighted by Gasteiger charge is 2.22. The second-order valence-corrected chi connectivity index (χ2v) is 6.19. The van der Waals surface area contributed by atoms with Crippen molar-refractivity contribution in [2.24, 2.45) is 11.8 Å². The quantitative estimate of drug-likeness (QED) is 0.708. The zero-order valence-corrected chi connectivity index (χ0v) is 13.8. The Kier molecular flexibility index (Phi) is 7.53. The van der Waals surface area contributed by atoms with Crippen molar-refractivity contribution in [3.63, 3.8) is 0 Å². The molecule has 1 fully saturated rings. The molecule has 0 radical (unpaired) electrons. The summed E-state index contributed by atoms with van der Waals surface area (Å²) in [6, 6.07) is -0.250. The Bertz CT molecular complexity index is 503. The molecule has 1 aliphatic rings. The third kappa shape index (κ3) is 6.27. The molecule has 2 rings (SSSR count). The summed E-state index contributed by atoms with van der Waals surface area (Å²) in [7, 11) is 2.14. The number of carbonyl (C=O) groups is 2. The van der Waals surface area contributed by atoms with Crippen LogP contribution in [0.2, 0.25) is 0 Å². The molecule has 1 aromatic rings. The van der Waals surface area contributed by atoms with Crippen LogP contribution in [0.1, 0.15) is 32.0 Å². The summed E-state index contributed by atoms with van der Waals surface area (Å²) in [5.41, 5.74) is 0.800. The normalized spacial score (nSPS) is 19.0. The highest BCUT2D eigenvalue weighted by molar-refractivity contribution is 5.65. The van der Waals surface area contributed by atoms with Crippen LogP contribution >= 0.6 is 0 Å². The summed E-state index contributed by atoms with van der Waals surface area (Å²) in [6.45, 7) is 6.96. The van der Waals surface area contributed by atoms with E-state index in [0.29, 0.717) is 5.92 Å². The average molecular weight is 326 g/mol. The Morgan fingerprint density at radius 1 is 1.57 bits per heavy atom. The molecule has 1 aromatic heterocycles. The van der Waals surface area contributed by atoms with Crippen molar-refractivity contribution in [3.05, 3.63) is 18.2 Å². The van der Waals surface area contributed by atoms with E-state index in [9.17, 15) is 4.79 Å². The molecule has 2 atom stereocenters. The first-order valence-electron chi connectivity index (χ1n) is 7.64. The molecular weight excluding hydrogens is 300 g/mol. The van der Waals surface area contributed by atoms with Gasteiger partial charge in [0.15, 0.2) is 0 Å². The number of aromatic nitrogens is 2. The smallest absolute Gasteiger partial charge is 0.405 e. The molecule has 1 saturated heterocycles. The lowest BCUT2D eigenvalue weighted by molar-refractivity contribution is -0.122. The van der Waals surface area contributed by atoms with Gasteiger partial charge in [0, 0.05) is 19.3 Å². The van der Waals surface area contributed by atoms with Crippen LogP contribution in [0.15, 0.2) is 12.5 Å². The summed E-state index contributed by atoms with van der Waals surface area (Å²) in [4.78, 5) is 25.9. The van der Waals surface area contributed by atoms with Crippen molar-refractivity contribution in [3.8, 4) is 0 Å². The predicted octanol–water partition coefficient (Wildman–Crippen LogP) is 1.50. The molecule has 23 heavy (non-hydrogen) atoms. The first kappa shape index (κ1) is 19.0. The minimum absolute atomic E-state index is 0.173. The van der Waals surface area contributed by atoms with Gasteiger partial charge in [-0.2, -0.15) is 0 Å². The van der Waals surface area contributed by atoms with Crippen molar-refractivity contribution >= 4 is 12.6 Å². The van der Waals surface area contributed by atoms with Crippen LogP contribution in [0.25, 0.3) is 0 Å². The zero-order chi connectivity index (χ0) is 17.4. The molecule has 0 aliphatic carbocycles. The van der Waals surface area contributed by atoms with Gasteiger partial charge < -0.3 is 25.0 Å². The largest absolute Gasteiger partial charge is 0.483 e. The first-order valence-corrected chi connectivity index (χ1v) is 7.64. The molecule has 0 bridgehead atoms. The summed E-state index contributed by atoms with van der Waals surface area (Å²) < 4.78 is 2.08. The fraction of sp³-hybridized carbons (Fsp3) is 0.667. The molecule has 0 aromatic carbocycles. The van der Waals surface area contributed by atoms with Crippen LogP contribution in [0, 0.1) is 11.8 Å². The van der Waals surface area contributed by atoms with Gasteiger partial charge in [0.05, 0.1) is 18.1 Å². The number of rotatable bonds is 5. The SMILES string of the molecule is CC(C)[C@@H](NC(=O)O)c1cn(C[C@H]2CCN(C)C2)cn1.O=CO. The minimum Gasteiger partial charge on any atom is -0.483 e. The summed E-state index contributed by atoms with van der Waals surface area (Å²) in [6.07, 6.45) is 3.99. The highest BCUT2D eigenvalue weighted by Crippen LogP contribution is 2.21. The lowest BCUT2D eigenvalue weighted by Crippen LogP contribution is -2.30. The fourth-order valence-electron chi connectivity index (χ4n) is 2.83. The summed E-state index contributed by atoms with van der Waals surface area (Å²) >= 11 is 0. The van der Waals surface area contributed by atoms with Crippen LogP contribution in [-0.2, 0) is 11.3 Å². The molecule has 3 N–H and O–H groups in total. The lowest BCUT2D eigenvalue weighted by Gasteiger charge is -2.18. The molecule has 1 aliphatic heterocycles. The van der Waals surface area contributed by atoms with Gasteiger partial charge in [0.25, 0.3) is 6.47 Å². The van der Waals surface area contributed by atoms with E-state index in [2.05, 4.69) is 26.8 Å². The number of hydrogen-bond acceptors (Lipinski definition) is 4. The fourth-order valence-corrected chi connectivity index (χ4v) is 2.83. The van der Waals surface area contributed by atoms with Gasteiger partial charge in [-0.25, -0.2) is 9.78 Å². The Balaban J connectivity index is 0.000000816. The maximum atomic E-state index is 10.9. The molecule has 0 saturated carbocycles. The number of imidazole rings is 1. The van der Waals surface area contributed by atoms with Crippen molar-refractivity contribution in [1.29, 1.82) is 0 Å². The van der Waals surface area contributed by atoms with E-state index in [1.54, 1.807) is 0 Å². The lowest BCUT2D eigenvalue weighted by atomic mass is 10.0. The second kappa shape index (κ2) is 9.14. The molecule has 8 heteroatoms. The van der Waals surface area contributed by atoms with Crippen molar-refractivity contribution in [2.45, 2.75) is 32.9 Å². The third-order valence-electron chi connectivity index (χ3n) is 3.88. The van der Waals surface area contributed by atoms with Crippen molar-refractivity contribution in [1.82, 2.24) is 19.8 Å². The van der Waals surface area contributed by atoms with E-state index in [-0.39, 0.29) is 18.4 Å². The van der Waals surface area contributed by atoms with E-state index < -0.39 is 6.09 Å². The molecular formula is C15H26N4O4.